The van der Waals surface area contributed by atoms with Crippen molar-refractivity contribution >= 4 is 78.5 Å². The molecule has 20 heteroatoms. The first-order chi connectivity index (χ1) is 17.3. The van der Waals surface area contributed by atoms with Gasteiger partial charge in [-0.2, -0.15) is 25.3 Å². The molecule has 0 saturated carbocycles. The summed E-state index contributed by atoms with van der Waals surface area (Å²) in [5.41, 5.74) is -0.541. The number of benzene rings is 3. The van der Waals surface area contributed by atoms with E-state index in [9.17, 15) is 47.9 Å². The number of halogens is 1. The van der Waals surface area contributed by atoms with Crippen LogP contribution in [0.15, 0.2) is 71.9 Å². The molecule has 0 saturated heterocycles. The van der Waals surface area contributed by atoms with Crippen molar-refractivity contribution in [1.29, 1.82) is 0 Å². The quantitative estimate of drug-likeness (QED) is 0.188. The molecular formula is C18H15BrN2O13S4. The van der Waals surface area contributed by atoms with E-state index >= 15 is 0 Å². The second-order valence-electron chi connectivity index (χ2n) is 7.28. The molecule has 0 aliphatic carbocycles. The molecule has 206 valence electrons. The van der Waals surface area contributed by atoms with Crippen LogP contribution < -0.4 is 0 Å². The van der Waals surface area contributed by atoms with Crippen molar-refractivity contribution in [1.82, 2.24) is 0 Å². The van der Waals surface area contributed by atoms with E-state index in [0.717, 1.165) is 36.4 Å². The fourth-order valence-electron chi connectivity index (χ4n) is 3.06. The molecule has 0 unspecified atom stereocenters. The van der Waals surface area contributed by atoms with E-state index in [-0.39, 0.29) is 20.4 Å². The Hall–Kier alpha value is -2.56. The minimum Gasteiger partial charge on any atom is -0.506 e. The highest BCUT2D eigenvalue weighted by Gasteiger charge is 2.24. The molecule has 0 aliphatic rings. The molecule has 0 spiro atoms. The summed E-state index contributed by atoms with van der Waals surface area (Å²) >= 11 is 3.08. The molecule has 38 heavy (non-hydrogen) atoms. The van der Waals surface area contributed by atoms with Gasteiger partial charge in [-0.1, -0.05) is 6.07 Å². The number of rotatable bonds is 9. The van der Waals surface area contributed by atoms with Gasteiger partial charge in [0, 0.05) is 9.86 Å². The second-order valence-corrected chi connectivity index (χ2v) is 14.2. The topological polar surface area (TPSA) is 251 Å². The predicted molar refractivity (Wildman–Crippen MR) is 133 cm³/mol. The summed E-state index contributed by atoms with van der Waals surface area (Å²) in [5, 5.41) is 17.3. The largest absolute Gasteiger partial charge is 0.506 e. The van der Waals surface area contributed by atoms with Crippen molar-refractivity contribution in [3.05, 3.63) is 46.9 Å². The summed E-state index contributed by atoms with van der Waals surface area (Å²) in [6.45, 7) is -0.851. The van der Waals surface area contributed by atoms with Gasteiger partial charge >= 0.3 is 10.4 Å². The minimum absolute atomic E-state index is 0.0301. The first-order valence-electron chi connectivity index (χ1n) is 9.60. The Labute approximate surface area is 224 Å². The van der Waals surface area contributed by atoms with Crippen LogP contribution in [0.2, 0.25) is 0 Å². The van der Waals surface area contributed by atoms with Crippen LogP contribution in [-0.4, -0.2) is 64.8 Å². The highest BCUT2D eigenvalue weighted by atomic mass is 79.9. The number of nitrogens with zero attached hydrogens (tertiary/aromatic N) is 2. The molecule has 3 rings (SSSR count). The van der Waals surface area contributed by atoms with Gasteiger partial charge in [0.05, 0.1) is 27.8 Å². The molecule has 0 bridgehead atoms. The molecule has 0 fully saturated rings. The fraction of sp³-hybridized carbons (Fsp3) is 0.111. The van der Waals surface area contributed by atoms with Crippen LogP contribution in [0.1, 0.15) is 0 Å². The zero-order valence-corrected chi connectivity index (χ0v) is 23.2. The highest BCUT2D eigenvalue weighted by Crippen LogP contribution is 2.41. The summed E-state index contributed by atoms with van der Waals surface area (Å²) in [7, 11) is -18.9. The molecule has 15 nitrogen and oxygen atoms in total. The number of fused-ring (bicyclic) bond motifs is 1. The molecule has 0 atom stereocenters. The Balaban J connectivity index is 2.08. The Bertz CT molecular complexity index is 1900. The zero-order chi connectivity index (χ0) is 28.7. The normalized spacial score (nSPS) is 13.4. The van der Waals surface area contributed by atoms with Crippen LogP contribution in [0.25, 0.3) is 10.8 Å². The lowest BCUT2D eigenvalue weighted by atomic mass is 10.1. The Morgan fingerprint density at radius 3 is 2.00 bits per heavy atom. The van der Waals surface area contributed by atoms with E-state index in [1.165, 1.54) is 0 Å². The molecule has 3 aromatic carbocycles. The Morgan fingerprint density at radius 1 is 0.789 bits per heavy atom. The number of hydrogen-bond acceptors (Lipinski definition) is 12. The lowest BCUT2D eigenvalue weighted by molar-refractivity contribution is 0.284. The van der Waals surface area contributed by atoms with Gasteiger partial charge in [0.1, 0.15) is 16.3 Å². The molecule has 0 aromatic heterocycles. The van der Waals surface area contributed by atoms with Gasteiger partial charge in [-0.25, -0.2) is 12.6 Å². The van der Waals surface area contributed by atoms with Crippen molar-refractivity contribution in [2.75, 3.05) is 12.4 Å². The van der Waals surface area contributed by atoms with E-state index < -0.39 is 79.4 Å². The first kappa shape index (κ1) is 30.0. The molecule has 0 amide bonds. The van der Waals surface area contributed by atoms with Gasteiger partial charge in [0.25, 0.3) is 20.2 Å². The van der Waals surface area contributed by atoms with Gasteiger partial charge < -0.3 is 5.11 Å². The number of phenols is 1. The lowest BCUT2D eigenvalue weighted by Gasteiger charge is -2.10. The maximum absolute atomic E-state index is 12.4. The maximum Gasteiger partial charge on any atom is 0.397 e. The molecule has 0 aliphatic heterocycles. The van der Waals surface area contributed by atoms with Crippen LogP contribution in [-0.2, 0) is 44.7 Å². The average Bonchev–Trinajstić information content (AvgIpc) is 2.76. The van der Waals surface area contributed by atoms with E-state index in [2.05, 4.69) is 30.3 Å². The Kier molecular flexibility index (Phi) is 8.32. The summed E-state index contributed by atoms with van der Waals surface area (Å²) in [5.74, 6) is -1.42. The molecule has 4 N–H and O–H groups in total. The SMILES string of the molecule is O=S(=O)(O)OCCS(=O)(=O)c1ccc(N=Nc2c(O)ccc3cc(S(=O)(=O)O)cc(S(=O)(=O)O)c23)c(Br)c1. The van der Waals surface area contributed by atoms with Crippen LogP contribution in [0.3, 0.4) is 0 Å². The number of aromatic hydroxyl groups is 1. The van der Waals surface area contributed by atoms with Crippen molar-refractivity contribution in [2.45, 2.75) is 14.7 Å². The molecule has 3 aromatic rings. The fourth-order valence-corrected chi connectivity index (χ4v) is 6.54. The van der Waals surface area contributed by atoms with Crippen molar-refractivity contribution in [3.8, 4) is 5.75 Å². The first-order valence-corrected chi connectivity index (χ1v) is 16.3. The van der Waals surface area contributed by atoms with Gasteiger partial charge in [-0.15, -0.1) is 10.2 Å². The standard InChI is InChI=1S/C18H15BrN2O13S4/c19-13-8-11(35(23,24)6-5-34-38(31,32)33)2-3-14(13)20-21-18-15(22)4-1-10-7-12(36(25,26)27)9-16(17(10)18)37(28,29)30/h1-4,7-9,22H,5-6H2,(H,25,26,27)(H,28,29,30)(H,31,32,33). The van der Waals surface area contributed by atoms with Gasteiger partial charge in [0.15, 0.2) is 9.84 Å². The maximum atomic E-state index is 12.4. The van der Waals surface area contributed by atoms with Crippen LogP contribution >= 0.6 is 15.9 Å². The second kappa shape index (κ2) is 10.5. The smallest absolute Gasteiger partial charge is 0.397 e. The van der Waals surface area contributed by atoms with Gasteiger partial charge in [-0.3, -0.25) is 13.7 Å². The Morgan fingerprint density at radius 2 is 1.45 bits per heavy atom. The van der Waals surface area contributed by atoms with E-state index in [1.54, 1.807) is 0 Å². The average molecular weight is 675 g/mol. The van der Waals surface area contributed by atoms with Crippen LogP contribution in [0.4, 0.5) is 11.4 Å². The summed E-state index contributed by atoms with van der Waals surface area (Å²) in [6, 6.07) is 6.79. The molecule has 0 radical (unpaired) electrons. The summed E-state index contributed by atoms with van der Waals surface area (Å²) in [4.78, 5) is -2.14. The highest BCUT2D eigenvalue weighted by molar-refractivity contribution is 9.10. The van der Waals surface area contributed by atoms with E-state index in [1.807, 2.05) is 0 Å². The van der Waals surface area contributed by atoms with Crippen molar-refractivity contribution in [2.24, 2.45) is 10.2 Å². The van der Waals surface area contributed by atoms with Crippen molar-refractivity contribution in [3.63, 3.8) is 0 Å². The third-order valence-corrected chi connectivity index (χ3v) is 9.19. The van der Waals surface area contributed by atoms with Gasteiger partial charge in [-0.05, 0) is 57.7 Å². The minimum atomic E-state index is -5.11. The van der Waals surface area contributed by atoms with E-state index in [4.69, 9.17) is 4.55 Å². The summed E-state index contributed by atoms with van der Waals surface area (Å²) in [6.07, 6.45) is 0. The van der Waals surface area contributed by atoms with E-state index in [0.29, 0.717) is 6.07 Å². The van der Waals surface area contributed by atoms with Crippen LogP contribution in [0.5, 0.6) is 5.75 Å². The molecular weight excluding hydrogens is 660 g/mol. The monoisotopic (exact) mass is 674 g/mol. The van der Waals surface area contributed by atoms with Gasteiger partial charge in [0.2, 0.25) is 0 Å². The number of hydrogen-bond donors (Lipinski definition) is 4. The zero-order valence-electron chi connectivity index (χ0n) is 18.3. The lowest BCUT2D eigenvalue weighted by Crippen LogP contribution is -2.15. The van der Waals surface area contributed by atoms with Crippen LogP contribution in [0, 0.1) is 0 Å². The number of azo groups is 1. The third-order valence-electron chi connectivity index (χ3n) is 4.70. The summed E-state index contributed by atoms with van der Waals surface area (Å²) < 4.78 is 125. The number of sulfone groups is 1. The predicted octanol–water partition coefficient (Wildman–Crippen LogP) is 2.81. The number of phenolic OH excluding ortho intramolecular Hbond substituents is 1. The molecule has 0 heterocycles. The third kappa shape index (κ3) is 7.09. The van der Waals surface area contributed by atoms with Crippen molar-refractivity contribution < 1.29 is 56.6 Å².